The van der Waals surface area contributed by atoms with Gasteiger partial charge in [0, 0.05) is 0 Å². The minimum atomic E-state index is -0.239. The number of aliphatic hydroxyl groups excluding tert-OH is 2. The standard InChI is InChI=1S/C30H52O3/c1-25(2)13-9-14-30(8,33-25)19-10-16-29(7)24(19)20(31)18-22-27(5)15-12-23(32)26(3,4)21(27)11-17-28(22,29)6/h19-24,31-32H,9-18H2,1-8H3/t19-,20+,21?,22+,23-,24?,27-,28+,29+,30-/m0/s1. The van der Waals surface area contributed by atoms with E-state index in [1.807, 2.05) is 0 Å². The maximum Gasteiger partial charge on any atom is 0.0693 e. The zero-order valence-corrected chi connectivity index (χ0v) is 22.8. The Labute approximate surface area is 203 Å². The quantitative estimate of drug-likeness (QED) is 0.455. The van der Waals surface area contributed by atoms with E-state index in [0.29, 0.717) is 23.7 Å². The van der Waals surface area contributed by atoms with E-state index in [0.717, 1.165) is 32.1 Å². The maximum absolute atomic E-state index is 11.9. The van der Waals surface area contributed by atoms with Gasteiger partial charge < -0.3 is 14.9 Å². The summed E-state index contributed by atoms with van der Waals surface area (Å²) < 4.78 is 6.86. The summed E-state index contributed by atoms with van der Waals surface area (Å²) in [4.78, 5) is 0. The van der Waals surface area contributed by atoms with Gasteiger partial charge in [-0.3, -0.25) is 0 Å². The van der Waals surface area contributed by atoms with Gasteiger partial charge >= 0.3 is 0 Å². The lowest BCUT2D eigenvalue weighted by atomic mass is 9.35. The Hall–Kier alpha value is -0.120. The van der Waals surface area contributed by atoms with E-state index in [2.05, 4.69) is 55.4 Å². The van der Waals surface area contributed by atoms with Gasteiger partial charge in [-0.25, -0.2) is 0 Å². The van der Waals surface area contributed by atoms with Crippen molar-refractivity contribution in [2.45, 2.75) is 143 Å². The van der Waals surface area contributed by atoms with E-state index in [9.17, 15) is 10.2 Å². The summed E-state index contributed by atoms with van der Waals surface area (Å²) in [5, 5.41) is 22.8. The molecule has 190 valence electrons. The largest absolute Gasteiger partial charge is 0.393 e. The van der Waals surface area contributed by atoms with Gasteiger partial charge in [-0.05, 0) is 130 Å². The maximum atomic E-state index is 11.9. The summed E-state index contributed by atoms with van der Waals surface area (Å²) in [6, 6.07) is 0. The van der Waals surface area contributed by atoms with Crippen molar-refractivity contribution in [2.75, 3.05) is 0 Å². The number of aliphatic hydroxyl groups is 2. The molecule has 0 aromatic heterocycles. The van der Waals surface area contributed by atoms with Crippen LogP contribution in [0.3, 0.4) is 0 Å². The van der Waals surface area contributed by atoms with Crippen LogP contribution in [0.5, 0.6) is 0 Å². The zero-order chi connectivity index (χ0) is 24.2. The topological polar surface area (TPSA) is 49.7 Å². The van der Waals surface area contributed by atoms with Crippen molar-refractivity contribution >= 4 is 0 Å². The van der Waals surface area contributed by atoms with Crippen LogP contribution in [0.1, 0.15) is 120 Å². The van der Waals surface area contributed by atoms with Crippen LogP contribution in [0.4, 0.5) is 0 Å². The molecule has 4 aliphatic carbocycles. The number of rotatable bonds is 1. The first-order chi connectivity index (χ1) is 15.1. The first-order valence-corrected chi connectivity index (χ1v) is 14.2. The summed E-state index contributed by atoms with van der Waals surface area (Å²) in [7, 11) is 0. The molecule has 1 saturated heterocycles. The molecule has 0 amide bonds. The second-order valence-corrected chi connectivity index (χ2v) is 15.4. The van der Waals surface area contributed by atoms with Gasteiger partial charge in [0.1, 0.15) is 0 Å². The molecule has 33 heavy (non-hydrogen) atoms. The van der Waals surface area contributed by atoms with Crippen molar-refractivity contribution in [2.24, 2.45) is 45.3 Å². The summed E-state index contributed by atoms with van der Waals surface area (Å²) in [6.07, 6.45) is 10.9. The molecule has 5 aliphatic rings. The molecule has 1 aliphatic heterocycles. The fraction of sp³-hybridized carbons (Fsp3) is 1.00. The van der Waals surface area contributed by atoms with Crippen LogP contribution in [0.15, 0.2) is 0 Å². The summed E-state index contributed by atoms with van der Waals surface area (Å²) in [5.74, 6) is 1.85. The van der Waals surface area contributed by atoms with E-state index < -0.39 is 0 Å². The van der Waals surface area contributed by atoms with E-state index in [1.165, 1.54) is 32.1 Å². The Bertz CT molecular complexity index is 789. The van der Waals surface area contributed by atoms with Crippen LogP contribution >= 0.6 is 0 Å². The highest BCUT2D eigenvalue weighted by Gasteiger charge is 2.71. The zero-order valence-electron chi connectivity index (χ0n) is 22.8. The van der Waals surface area contributed by atoms with Crippen molar-refractivity contribution < 1.29 is 14.9 Å². The summed E-state index contributed by atoms with van der Waals surface area (Å²) in [6.45, 7) is 19.2. The molecular formula is C30H52O3. The van der Waals surface area contributed by atoms with E-state index in [4.69, 9.17) is 4.74 Å². The third-order valence-corrected chi connectivity index (χ3v) is 13.1. The average molecular weight is 461 g/mol. The van der Waals surface area contributed by atoms with Gasteiger partial charge in [0.05, 0.1) is 23.4 Å². The summed E-state index contributed by atoms with van der Waals surface area (Å²) >= 11 is 0. The summed E-state index contributed by atoms with van der Waals surface area (Å²) in [5.41, 5.74) is 0.392. The minimum absolute atomic E-state index is 0.0375. The van der Waals surface area contributed by atoms with Gasteiger partial charge in [-0.1, -0.05) is 34.6 Å². The molecule has 5 fully saturated rings. The van der Waals surface area contributed by atoms with Crippen LogP contribution in [0.2, 0.25) is 0 Å². The molecule has 2 unspecified atom stereocenters. The molecule has 2 N–H and O–H groups in total. The highest BCUT2D eigenvalue weighted by Crippen LogP contribution is 2.76. The first-order valence-electron chi connectivity index (χ1n) is 14.2. The van der Waals surface area contributed by atoms with Crippen molar-refractivity contribution in [3.05, 3.63) is 0 Å². The molecule has 0 aromatic carbocycles. The molecule has 3 nitrogen and oxygen atoms in total. The monoisotopic (exact) mass is 460 g/mol. The number of hydrogen-bond acceptors (Lipinski definition) is 3. The molecule has 5 rings (SSSR count). The number of hydrogen-bond donors (Lipinski definition) is 2. The fourth-order valence-corrected chi connectivity index (χ4v) is 11.3. The Morgan fingerprint density at radius 1 is 0.697 bits per heavy atom. The molecule has 0 bridgehead atoms. The van der Waals surface area contributed by atoms with E-state index >= 15 is 0 Å². The number of fused-ring (bicyclic) bond motifs is 5. The van der Waals surface area contributed by atoms with Gasteiger partial charge in [0.25, 0.3) is 0 Å². The molecule has 3 heteroatoms. The van der Waals surface area contributed by atoms with Crippen LogP contribution < -0.4 is 0 Å². The Balaban J connectivity index is 1.51. The Morgan fingerprint density at radius 3 is 2.03 bits per heavy atom. The first kappa shape index (κ1) is 24.6. The third kappa shape index (κ3) is 3.16. The predicted molar refractivity (Wildman–Crippen MR) is 134 cm³/mol. The van der Waals surface area contributed by atoms with Crippen molar-refractivity contribution in [1.82, 2.24) is 0 Å². The molecule has 1 heterocycles. The van der Waals surface area contributed by atoms with Crippen molar-refractivity contribution in [1.29, 1.82) is 0 Å². The van der Waals surface area contributed by atoms with Crippen molar-refractivity contribution in [3.8, 4) is 0 Å². The average Bonchev–Trinajstić information content (AvgIpc) is 3.07. The van der Waals surface area contributed by atoms with Gasteiger partial charge in [-0.2, -0.15) is 0 Å². The van der Waals surface area contributed by atoms with Crippen LogP contribution in [-0.2, 0) is 4.74 Å². The van der Waals surface area contributed by atoms with Crippen LogP contribution in [0.25, 0.3) is 0 Å². The lowest BCUT2D eigenvalue weighted by Crippen LogP contribution is -2.66. The fourth-order valence-electron chi connectivity index (χ4n) is 11.3. The molecular weight excluding hydrogens is 408 g/mol. The molecule has 0 aromatic rings. The highest BCUT2D eigenvalue weighted by atomic mass is 16.5. The second kappa shape index (κ2) is 7.22. The van der Waals surface area contributed by atoms with Gasteiger partial charge in [0.15, 0.2) is 0 Å². The number of ether oxygens (including phenoxy) is 1. The predicted octanol–water partition coefficient (Wildman–Crippen LogP) is 6.74. The van der Waals surface area contributed by atoms with E-state index in [1.54, 1.807) is 0 Å². The minimum Gasteiger partial charge on any atom is -0.393 e. The van der Waals surface area contributed by atoms with Crippen molar-refractivity contribution in [3.63, 3.8) is 0 Å². The van der Waals surface area contributed by atoms with Crippen LogP contribution in [0, 0.1) is 45.3 Å². The lowest BCUT2D eigenvalue weighted by molar-refractivity contribution is -0.257. The lowest BCUT2D eigenvalue weighted by Gasteiger charge is -2.70. The molecule has 10 atom stereocenters. The smallest absolute Gasteiger partial charge is 0.0693 e. The highest BCUT2D eigenvalue weighted by molar-refractivity contribution is 5.20. The Morgan fingerprint density at radius 2 is 1.36 bits per heavy atom. The SMILES string of the molecule is CC1(C)CCC[C@@](C)([C@H]2CC[C@]3(C)C2[C@H](O)C[C@@H]2[C@@]4(C)CC[C@H](O)C(C)(C)C4CC[C@]23C)O1. The van der Waals surface area contributed by atoms with Gasteiger partial charge in [-0.15, -0.1) is 0 Å². The van der Waals surface area contributed by atoms with Gasteiger partial charge in [0.2, 0.25) is 0 Å². The third-order valence-electron chi connectivity index (χ3n) is 13.1. The van der Waals surface area contributed by atoms with Crippen LogP contribution in [-0.4, -0.2) is 33.6 Å². The molecule has 4 saturated carbocycles. The molecule has 0 radical (unpaired) electrons. The Kier molecular flexibility index (Phi) is 5.38. The normalized spacial score (nSPS) is 57.6. The second-order valence-electron chi connectivity index (χ2n) is 15.4. The van der Waals surface area contributed by atoms with E-state index in [-0.39, 0.29) is 45.1 Å². The molecule has 0 spiro atoms.